The molecule has 0 aromatic heterocycles. The lowest BCUT2D eigenvalue weighted by Crippen LogP contribution is -2.44. The van der Waals surface area contributed by atoms with E-state index in [0.29, 0.717) is 25.0 Å². The van der Waals surface area contributed by atoms with Gasteiger partial charge >= 0.3 is 0 Å². The maximum Gasteiger partial charge on any atom is 0.161 e. The van der Waals surface area contributed by atoms with Gasteiger partial charge in [-0.2, -0.15) is 0 Å². The Morgan fingerprint density at radius 3 is 2.62 bits per heavy atom. The Balaban J connectivity index is 1.52. The van der Waals surface area contributed by atoms with Crippen LogP contribution in [0.3, 0.4) is 0 Å². The molecule has 2 aliphatic rings. The van der Waals surface area contributed by atoms with Gasteiger partial charge in [0.1, 0.15) is 6.61 Å². The molecule has 24 heavy (non-hydrogen) atoms. The van der Waals surface area contributed by atoms with Crippen LogP contribution in [0.25, 0.3) is 0 Å². The highest BCUT2D eigenvalue weighted by Gasteiger charge is 2.47. The molecule has 1 heterocycles. The summed E-state index contributed by atoms with van der Waals surface area (Å²) in [5.41, 5.74) is -0.444. The number of hydrogen-bond donors (Lipinski definition) is 1. The van der Waals surface area contributed by atoms with Crippen LogP contribution in [0.5, 0.6) is 11.5 Å². The number of para-hydroxylation sites is 2. The fourth-order valence-electron chi connectivity index (χ4n) is 4.47. The van der Waals surface area contributed by atoms with Gasteiger partial charge < -0.3 is 14.6 Å². The van der Waals surface area contributed by atoms with Crippen LogP contribution in [0.15, 0.2) is 24.3 Å². The molecule has 0 bridgehead atoms. The van der Waals surface area contributed by atoms with Crippen molar-refractivity contribution in [2.24, 2.45) is 11.8 Å². The summed E-state index contributed by atoms with van der Waals surface area (Å²) < 4.78 is 11.6. The topological polar surface area (TPSA) is 41.9 Å². The summed E-state index contributed by atoms with van der Waals surface area (Å²) in [6, 6.07) is 7.85. The van der Waals surface area contributed by atoms with Crippen molar-refractivity contribution in [3.63, 3.8) is 0 Å². The molecule has 0 radical (unpaired) electrons. The van der Waals surface area contributed by atoms with E-state index < -0.39 is 5.60 Å². The molecule has 0 amide bonds. The minimum atomic E-state index is -0.444. The van der Waals surface area contributed by atoms with E-state index in [4.69, 9.17) is 9.47 Å². The summed E-state index contributed by atoms with van der Waals surface area (Å²) in [6.45, 7) is 8.43. The molecule has 1 aliphatic carbocycles. The highest BCUT2D eigenvalue weighted by atomic mass is 16.5. The van der Waals surface area contributed by atoms with Crippen molar-refractivity contribution in [3.8, 4) is 11.5 Å². The molecule has 4 nitrogen and oxygen atoms in total. The van der Waals surface area contributed by atoms with Gasteiger partial charge in [0.15, 0.2) is 11.5 Å². The fraction of sp³-hybridized carbons (Fsp3) is 0.700. The summed E-state index contributed by atoms with van der Waals surface area (Å²) in [6.07, 6.45) is 4.27. The van der Waals surface area contributed by atoms with E-state index in [9.17, 15) is 5.11 Å². The first kappa shape index (κ1) is 17.6. The molecule has 1 aromatic rings. The maximum atomic E-state index is 10.9. The lowest BCUT2D eigenvalue weighted by Gasteiger charge is -2.40. The van der Waals surface area contributed by atoms with Crippen molar-refractivity contribution in [2.45, 2.75) is 45.1 Å². The molecule has 4 heteroatoms. The van der Waals surface area contributed by atoms with Crippen LogP contribution in [0.1, 0.15) is 39.5 Å². The lowest BCUT2D eigenvalue weighted by atomic mass is 9.69. The van der Waals surface area contributed by atoms with Crippen LogP contribution < -0.4 is 9.47 Å². The number of fused-ring (bicyclic) bond motifs is 1. The monoisotopic (exact) mass is 333 g/mol. The van der Waals surface area contributed by atoms with E-state index in [-0.39, 0.29) is 0 Å². The summed E-state index contributed by atoms with van der Waals surface area (Å²) in [4.78, 5) is 2.46. The van der Waals surface area contributed by atoms with E-state index in [1.165, 1.54) is 6.42 Å². The summed E-state index contributed by atoms with van der Waals surface area (Å²) in [5.74, 6) is 2.72. The molecule has 1 saturated heterocycles. The van der Waals surface area contributed by atoms with Crippen molar-refractivity contribution >= 4 is 0 Å². The first-order valence-corrected chi connectivity index (χ1v) is 9.45. The molecule has 1 N–H and O–H groups in total. The molecular formula is C20H31NO3. The Morgan fingerprint density at radius 1 is 1.17 bits per heavy atom. The molecule has 2 fully saturated rings. The number of ether oxygens (including phenoxy) is 2. The number of rotatable bonds is 7. The Labute approximate surface area is 145 Å². The van der Waals surface area contributed by atoms with Gasteiger partial charge in [0.05, 0.1) is 12.2 Å². The predicted octanol–water partition coefficient (Wildman–Crippen LogP) is 3.34. The third-order valence-electron chi connectivity index (χ3n) is 5.82. The quantitative estimate of drug-likeness (QED) is 0.831. The van der Waals surface area contributed by atoms with Crippen molar-refractivity contribution in [1.82, 2.24) is 4.90 Å². The minimum absolute atomic E-state index is 0.437. The number of likely N-dealkylation sites (tertiary alicyclic amines) is 1. The fourth-order valence-corrected chi connectivity index (χ4v) is 4.47. The first-order valence-electron chi connectivity index (χ1n) is 9.45. The van der Waals surface area contributed by atoms with Crippen LogP contribution in [0.2, 0.25) is 0 Å². The van der Waals surface area contributed by atoms with Crippen molar-refractivity contribution in [3.05, 3.63) is 24.3 Å². The smallest absolute Gasteiger partial charge is 0.161 e. The molecule has 3 rings (SSSR count). The Kier molecular flexibility index (Phi) is 5.67. The van der Waals surface area contributed by atoms with E-state index in [1.54, 1.807) is 0 Å². The number of hydrogen-bond acceptors (Lipinski definition) is 4. The Bertz CT molecular complexity index is 535. The Hall–Kier alpha value is -1.26. The normalized spacial score (nSPS) is 30.1. The van der Waals surface area contributed by atoms with Gasteiger partial charge in [-0.1, -0.05) is 25.5 Å². The standard InChI is InChI=1S/C20H31NO3/c1-3-20(22)11-7-8-16-14-21(15-17(16)20)12-13-24-19-10-6-5-9-18(19)23-4-2/h5-6,9-10,16-17,22H,3-4,7-8,11-15H2,1-2H3/t16-,17+,20-/m0/s1. The number of aliphatic hydroxyl groups is 1. The minimum Gasteiger partial charge on any atom is -0.490 e. The van der Waals surface area contributed by atoms with E-state index >= 15 is 0 Å². The molecule has 134 valence electrons. The molecule has 0 spiro atoms. The second kappa shape index (κ2) is 7.75. The average molecular weight is 333 g/mol. The van der Waals surface area contributed by atoms with Gasteiger partial charge in [-0.3, -0.25) is 4.90 Å². The number of benzene rings is 1. The third-order valence-corrected chi connectivity index (χ3v) is 5.82. The molecule has 0 unspecified atom stereocenters. The van der Waals surface area contributed by atoms with Gasteiger partial charge in [-0.15, -0.1) is 0 Å². The average Bonchev–Trinajstić information content (AvgIpc) is 3.01. The van der Waals surface area contributed by atoms with Gasteiger partial charge in [-0.05, 0) is 44.2 Å². The first-order chi connectivity index (χ1) is 11.7. The zero-order valence-electron chi connectivity index (χ0n) is 15.0. The van der Waals surface area contributed by atoms with E-state index in [0.717, 1.165) is 50.4 Å². The van der Waals surface area contributed by atoms with Crippen LogP contribution >= 0.6 is 0 Å². The molecule has 1 aromatic carbocycles. The number of nitrogens with zero attached hydrogens (tertiary/aromatic N) is 1. The second-order valence-electron chi connectivity index (χ2n) is 7.20. The predicted molar refractivity (Wildman–Crippen MR) is 95.6 cm³/mol. The van der Waals surface area contributed by atoms with E-state index in [2.05, 4.69) is 11.8 Å². The zero-order chi connectivity index (χ0) is 17.0. The van der Waals surface area contributed by atoms with Gasteiger partial charge in [0.2, 0.25) is 0 Å². The SMILES string of the molecule is CCOc1ccccc1OCCN1C[C@@H]2CCC[C@@](O)(CC)[C@@H]2C1. The summed E-state index contributed by atoms with van der Waals surface area (Å²) >= 11 is 0. The van der Waals surface area contributed by atoms with Gasteiger partial charge in [0, 0.05) is 25.6 Å². The molecular weight excluding hydrogens is 302 g/mol. The zero-order valence-corrected chi connectivity index (χ0v) is 15.0. The lowest BCUT2D eigenvalue weighted by molar-refractivity contribution is -0.0613. The van der Waals surface area contributed by atoms with Gasteiger partial charge in [-0.25, -0.2) is 0 Å². The van der Waals surface area contributed by atoms with Crippen molar-refractivity contribution in [1.29, 1.82) is 0 Å². The Morgan fingerprint density at radius 2 is 1.92 bits per heavy atom. The third kappa shape index (κ3) is 3.70. The summed E-state index contributed by atoms with van der Waals surface area (Å²) in [5, 5.41) is 10.9. The highest BCUT2D eigenvalue weighted by molar-refractivity contribution is 5.39. The van der Waals surface area contributed by atoms with E-state index in [1.807, 2.05) is 31.2 Å². The van der Waals surface area contributed by atoms with Gasteiger partial charge in [0.25, 0.3) is 0 Å². The molecule has 1 saturated carbocycles. The maximum absolute atomic E-state index is 10.9. The molecule has 3 atom stereocenters. The summed E-state index contributed by atoms with van der Waals surface area (Å²) in [7, 11) is 0. The van der Waals surface area contributed by atoms with Crippen LogP contribution in [0.4, 0.5) is 0 Å². The van der Waals surface area contributed by atoms with Crippen molar-refractivity contribution < 1.29 is 14.6 Å². The van der Waals surface area contributed by atoms with Crippen LogP contribution in [-0.4, -0.2) is 48.5 Å². The largest absolute Gasteiger partial charge is 0.490 e. The van der Waals surface area contributed by atoms with Crippen LogP contribution in [0, 0.1) is 11.8 Å². The second-order valence-corrected chi connectivity index (χ2v) is 7.20. The van der Waals surface area contributed by atoms with Crippen molar-refractivity contribution in [2.75, 3.05) is 32.8 Å². The van der Waals surface area contributed by atoms with Crippen LogP contribution in [-0.2, 0) is 0 Å². The molecule has 1 aliphatic heterocycles. The highest BCUT2D eigenvalue weighted by Crippen LogP contribution is 2.44.